The predicted molar refractivity (Wildman–Crippen MR) is 60.2 cm³/mol. The molecule has 2 rings (SSSR count). The Morgan fingerprint density at radius 2 is 2.44 bits per heavy atom. The van der Waals surface area contributed by atoms with E-state index in [1.165, 1.54) is 11.2 Å². The molecule has 1 aromatic rings. The second-order valence-electron chi connectivity index (χ2n) is 3.32. The van der Waals surface area contributed by atoms with Crippen molar-refractivity contribution >= 4 is 18.0 Å². The van der Waals surface area contributed by atoms with Crippen LogP contribution in [0.4, 0.5) is 4.79 Å². The molecule has 82 valence electrons. The van der Waals surface area contributed by atoms with Gasteiger partial charge in [0, 0.05) is 6.20 Å². The first kappa shape index (κ1) is 10.3. The summed E-state index contributed by atoms with van der Waals surface area (Å²) in [5, 5.41) is 9.14. The van der Waals surface area contributed by atoms with Crippen molar-refractivity contribution in [1.82, 2.24) is 15.4 Å². The summed E-state index contributed by atoms with van der Waals surface area (Å²) in [6.45, 7) is 2.22. The zero-order valence-electron chi connectivity index (χ0n) is 8.79. The van der Waals surface area contributed by atoms with E-state index in [2.05, 4.69) is 20.6 Å². The van der Waals surface area contributed by atoms with E-state index >= 15 is 0 Å². The molecule has 0 aliphatic carbocycles. The van der Waals surface area contributed by atoms with E-state index in [0.717, 1.165) is 5.71 Å². The number of hydrogen-bond donors (Lipinski definition) is 1. The van der Waals surface area contributed by atoms with Crippen LogP contribution < -0.4 is 5.43 Å². The molecule has 0 saturated heterocycles. The van der Waals surface area contributed by atoms with Crippen LogP contribution in [-0.2, 0) is 0 Å². The largest absolute Gasteiger partial charge is 0.358 e. The Balaban J connectivity index is 2.07. The Bertz CT molecular complexity index is 440. The number of urea groups is 1. The number of nitrogens with one attached hydrogen (secondary N) is 1. The highest BCUT2D eigenvalue weighted by molar-refractivity contribution is 5.92. The first-order chi connectivity index (χ1) is 7.75. The molecule has 6 nitrogen and oxygen atoms in total. The molecule has 0 atom stereocenters. The van der Waals surface area contributed by atoms with Gasteiger partial charge < -0.3 is 0 Å². The Labute approximate surface area is 92.7 Å². The van der Waals surface area contributed by atoms with Crippen molar-refractivity contribution in [2.24, 2.45) is 10.2 Å². The van der Waals surface area contributed by atoms with Crippen LogP contribution in [0.25, 0.3) is 0 Å². The molecule has 1 aliphatic heterocycles. The van der Waals surface area contributed by atoms with Crippen molar-refractivity contribution in [2.75, 3.05) is 6.54 Å². The van der Waals surface area contributed by atoms with Gasteiger partial charge in [-0.2, -0.15) is 10.2 Å². The van der Waals surface area contributed by atoms with Crippen molar-refractivity contribution < 1.29 is 4.79 Å². The fourth-order valence-electron chi connectivity index (χ4n) is 1.20. The van der Waals surface area contributed by atoms with Crippen LogP contribution in [0, 0.1) is 0 Å². The Morgan fingerprint density at radius 1 is 1.56 bits per heavy atom. The molecule has 1 aliphatic rings. The molecule has 0 aromatic carbocycles. The Hall–Kier alpha value is -2.24. The molecule has 0 spiro atoms. The third kappa shape index (κ3) is 2.41. The van der Waals surface area contributed by atoms with Crippen LogP contribution in [0.1, 0.15) is 12.6 Å². The van der Waals surface area contributed by atoms with Gasteiger partial charge in [-0.25, -0.2) is 15.2 Å². The van der Waals surface area contributed by atoms with Crippen molar-refractivity contribution in [3.8, 4) is 0 Å². The van der Waals surface area contributed by atoms with Gasteiger partial charge in [0.25, 0.3) is 0 Å². The van der Waals surface area contributed by atoms with Crippen LogP contribution in [0.15, 0.2) is 34.6 Å². The molecular weight excluding hydrogens is 206 g/mol. The van der Waals surface area contributed by atoms with Crippen LogP contribution in [0.3, 0.4) is 0 Å². The van der Waals surface area contributed by atoms with Crippen LogP contribution in [0.2, 0.25) is 0 Å². The monoisotopic (exact) mass is 217 g/mol. The zero-order valence-corrected chi connectivity index (χ0v) is 8.79. The molecule has 2 amide bonds. The number of carbonyl (C=O) groups excluding carboxylic acids is 1. The molecule has 0 bridgehead atoms. The Kier molecular flexibility index (Phi) is 2.90. The smallest absolute Gasteiger partial charge is 0.255 e. The van der Waals surface area contributed by atoms with Gasteiger partial charge in [-0.1, -0.05) is 6.07 Å². The maximum absolute atomic E-state index is 11.3. The SMILES string of the molecule is CC1=NNC(=O)N(/N=C/c2ccccn2)C1. The molecule has 0 fully saturated rings. The van der Waals surface area contributed by atoms with Crippen molar-refractivity contribution in [3.63, 3.8) is 0 Å². The molecule has 16 heavy (non-hydrogen) atoms. The lowest BCUT2D eigenvalue weighted by molar-refractivity contribution is 0.204. The number of pyridine rings is 1. The van der Waals surface area contributed by atoms with Gasteiger partial charge in [0.05, 0.1) is 24.2 Å². The van der Waals surface area contributed by atoms with Gasteiger partial charge in [-0.05, 0) is 19.1 Å². The number of hydrogen-bond acceptors (Lipinski definition) is 4. The molecular formula is C10H11N5O. The third-order valence-electron chi connectivity index (χ3n) is 1.97. The number of amides is 2. The summed E-state index contributed by atoms with van der Waals surface area (Å²) in [4.78, 5) is 15.4. The minimum absolute atomic E-state index is 0.335. The van der Waals surface area contributed by atoms with Gasteiger partial charge in [0.2, 0.25) is 0 Å². The van der Waals surface area contributed by atoms with E-state index in [1.54, 1.807) is 6.20 Å². The fourth-order valence-corrected chi connectivity index (χ4v) is 1.20. The highest BCUT2D eigenvalue weighted by atomic mass is 16.2. The highest BCUT2D eigenvalue weighted by Crippen LogP contribution is 1.98. The maximum Gasteiger partial charge on any atom is 0.358 e. The van der Waals surface area contributed by atoms with Crippen molar-refractivity contribution in [1.29, 1.82) is 0 Å². The number of rotatable bonds is 2. The number of hydrazone groups is 2. The van der Waals surface area contributed by atoms with E-state index in [1.807, 2.05) is 25.1 Å². The van der Waals surface area contributed by atoms with Gasteiger partial charge >= 0.3 is 6.03 Å². The fraction of sp³-hybridized carbons (Fsp3) is 0.200. The summed E-state index contributed by atoms with van der Waals surface area (Å²) in [5.74, 6) is 0. The standard InChI is InChI=1S/C10H11N5O/c1-8-7-15(10(16)14-13-8)12-6-9-4-2-3-5-11-9/h2-6H,7H2,1H3,(H,14,16)/b12-6+. The zero-order chi connectivity index (χ0) is 11.4. The number of carbonyl (C=O) groups is 1. The molecule has 0 saturated carbocycles. The predicted octanol–water partition coefficient (Wildman–Crippen LogP) is 0.817. The summed E-state index contributed by atoms with van der Waals surface area (Å²) in [6.07, 6.45) is 3.21. The lowest BCUT2D eigenvalue weighted by atomic mass is 10.4. The first-order valence-electron chi connectivity index (χ1n) is 4.81. The highest BCUT2D eigenvalue weighted by Gasteiger charge is 2.16. The second kappa shape index (κ2) is 4.52. The molecule has 1 N–H and O–H groups in total. The molecule has 2 heterocycles. The second-order valence-corrected chi connectivity index (χ2v) is 3.32. The van der Waals surface area contributed by atoms with Crippen molar-refractivity contribution in [3.05, 3.63) is 30.1 Å². The quantitative estimate of drug-likeness (QED) is 0.745. The minimum atomic E-state index is -0.335. The maximum atomic E-state index is 11.3. The van der Waals surface area contributed by atoms with Crippen molar-refractivity contribution in [2.45, 2.75) is 6.92 Å². The molecule has 0 radical (unpaired) electrons. The Morgan fingerprint density at radius 3 is 3.19 bits per heavy atom. The lowest BCUT2D eigenvalue weighted by Gasteiger charge is -2.19. The van der Waals surface area contributed by atoms with E-state index in [0.29, 0.717) is 12.2 Å². The van der Waals surface area contributed by atoms with Gasteiger partial charge in [-0.15, -0.1) is 0 Å². The summed E-state index contributed by atoms with van der Waals surface area (Å²) >= 11 is 0. The number of aromatic nitrogens is 1. The average molecular weight is 217 g/mol. The van der Waals surface area contributed by atoms with E-state index < -0.39 is 0 Å². The molecule has 1 aromatic heterocycles. The topological polar surface area (TPSA) is 70.0 Å². The van der Waals surface area contributed by atoms with E-state index in [9.17, 15) is 4.79 Å². The van der Waals surface area contributed by atoms with Gasteiger partial charge in [-0.3, -0.25) is 4.98 Å². The van der Waals surface area contributed by atoms with Gasteiger partial charge in [0.15, 0.2) is 0 Å². The average Bonchev–Trinajstić information content (AvgIpc) is 2.32. The molecule has 6 heteroatoms. The summed E-state index contributed by atoms with van der Waals surface area (Å²) in [5.41, 5.74) is 3.87. The normalized spacial score (nSPS) is 16.2. The van der Waals surface area contributed by atoms with Crippen LogP contribution in [0.5, 0.6) is 0 Å². The summed E-state index contributed by atoms with van der Waals surface area (Å²) in [7, 11) is 0. The lowest BCUT2D eigenvalue weighted by Crippen LogP contribution is -2.42. The molecule has 0 unspecified atom stereocenters. The van der Waals surface area contributed by atoms with Crippen LogP contribution >= 0.6 is 0 Å². The minimum Gasteiger partial charge on any atom is -0.255 e. The number of nitrogens with zero attached hydrogens (tertiary/aromatic N) is 4. The first-order valence-corrected chi connectivity index (χ1v) is 4.81. The van der Waals surface area contributed by atoms with E-state index in [-0.39, 0.29) is 6.03 Å². The summed E-state index contributed by atoms with van der Waals surface area (Å²) in [6, 6.07) is 5.16. The third-order valence-corrected chi connectivity index (χ3v) is 1.97. The van der Waals surface area contributed by atoms with Crippen LogP contribution in [-0.4, -0.2) is 34.5 Å². The summed E-state index contributed by atoms with van der Waals surface area (Å²) < 4.78 is 0. The van der Waals surface area contributed by atoms with Gasteiger partial charge in [0.1, 0.15) is 0 Å². The van der Waals surface area contributed by atoms with E-state index in [4.69, 9.17) is 0 Å².